The Kier molecular flexibility index (Phi) is 8.12. The van der Waals surface area contributed by atoms with Crippen LogP contribution in [0.25, 0.3) is 16.5 Å². The molecule has 1 aliphatic rings. The minimum Gasteiger partial charge on any atom is -0.508 e. The van der Waals surface area contributed by atoms with E-state index in [4.69, 9.17) is 16.3 Å². The summed E-state index contributed by atoms with van der Waals surface area (Å²) in [5, 5.41) is 10.8. The number of hydrogen-bond acceptors (Lipinski definition) is 5. The summed E-state index contributed by atoms with van der Waals surface area (Å²) in [6.45, 7) is 9.59. The Morgan fingerprint density at radius 2 is 1.92 bits per heavy atom. The number of Topliss-reactive ketones (excluding diaryl/α,β-unsaturated/α-hetero) is 1. The van der Waals surface area contributed by atoms with Gasteiger partial charge in [0.05, 0.1) is 12.1 Å². The fourth-order valence-electron chi connectivity index (χ4n) is 4.62. The van der Waals surface area contributed by atoms with Gasteiger partial charge in [0.15, 0.2) is 5.78 Å². The smallest absolute Gasteiger partial charge is 0.156 e. The molecule has 2 aromatic heterocycles. The molecular weight excluding hydrogens is 503 g/mol. The highest BCUT2D eigenvalue weighted by molar-refractivity contribution is 6.30. The fourth-order valence-corrected chi connectivity index (χ4v) is 4.90. The molecule has 3 heterocycles. The van der Waals surface area contributed by atoms with E-state index in [0.717, 1.165) is 50.8 Å². The van der Waals surface area contributed by atoms with Gasteiger partial charge in [0.2, 0.25) is 0 Å². The molecule has 7 heteroatoms. The second kappa shape index (κ2) is 11.3. The number of allylic oxidation sites excluding steroid dienone is 1. The van der Waals surface area contributed by atoms with Gasteiger partial charge in [0, 0.05) is 57.6 Å². The van der Waals surface area contributed by atoms with Gasteiger partial charge in [-0.2, -0.15) is 0 Å². The third-order valence-corrected chi connectivity index (χ3v) is 7.09. The van der Waals surface area contributed by atoms with Crippen molar-refractivity contribution >= 4 is 33.9 Å². The van der Waals surface area contributed by atoms with Crippen LogP contribution >= 0.6 is 11.6 Å². The van der Waals surface area contributed by atoms with E-state index in [1.54, 1.807) is 32.2 Å². The predicted octanol–water partition coefficient (Wildman–Crippen LogP) is 7.34. The maximum absolute atomic E-state index is 14.3. The summed E-state index contributed by atoms with van der Waals surface area (Å²) in [6, 6.07) is 12.4. The van der Waals surface area contributed by atoms with Gasteiger partial charge in [-0.05, 0) is 75.6 Å². The number of halogens is 2. The molecule has 0 atom stereocenters. The van der Waals surface area contributed by atoms with Crippen LogP contribution < -0.4 is 4.74 Å². The summed E-state index contributed by atoms with van der Waals surface area (Å²) in [5.41, 5.74) is 7.01. The van der Waals surface area contributed by atoms with Gasteiger partial charge in [-0.1, -0.05) is 24.6 Å². The number of phenols is 1. The average molecular weight is 533 g/mol. The summed E-state index contributed by atoms with van der Waals surface area (Å²) in [4.78, 5) is 20.7. The van der Waals surface area contributed by atoms with E-state index in [-0.39, 0.29) is 17.3 Å². The zero-order valence-corrected chi connectivity index (χ0v) is 22.9. The van der Waals surface area contributed by atoms with Gasteiger partial charge in [0.25, 0.3) is 0 Å². The van der Waals surface area contributed by atoms with Gasteiger partial charge < -0.3 is 9.84 Å². The van der Waals surface area contributed by atoms with Crippen LogP contribution in [0.4, 0.5) is 4.39 Å². The van der Waals surface area contributed by atoms with E-state index in [9.17, 15) is 14.3 Å². The summed E-state index contributed by atoms with van der Waals surface area (Å²) >= 11 is 5.96. The van der Waals surface area contributed by atoms with Crippen molar-refractivity contribution in [1.82, 2.24) is 9.97 Å². The topological polar surface area (TPSA) is 72.3 Å². The first-order valence-electron chi connectivity index (χ1n) is 12.5. The van der Waals surface area contributed by atoms with Crippen molar-refractivity contribution in [1.29, 1.82) is 0 Å². The molecule has 0 fully saturated rings. The quantitative estimate of drug-likeness (QED) is 0.220. The Hall–Kier alpha value is -3.77. The number of nitrogens with zero attached hydrogens (tertiary/aromatic N) is 2. The lowest BCUT2D eigenvalue weighted by Gasteiger charge is -2.19. The van der Waals surface area contributed by atoms with Crippen LogP contribution in [-0.4, -0.2) is 27.5 Å². The highest BCUT2D eigenvalue weighted by Crippen LogP contribution is 2.42. The van der Waals surface area contributed by atoms with Crippen molar-refractivity contribution < 1.29 is 19.0 Å². The summed E-state index contributed by atoms with van der Waals surface area (Å²) in [7, 11) is 0. The molecule has 196 valence electrons. The standard InChI is InChI=1S/C20H20FNO2.C11H10ClNO/c1-11-10-17(21)16-7-9-24-20(16)18(11)19(12(2)14(4)23)15-6-5-8-22-13(15)3;1-2-7-5-8-3-4-9(14)6-10(8)13-11(7)12/h5-6,8,10H,7,9H2,1-4H3;3-6,14H,2H2,1H3/b19-12+;. The minimum atomic E-state index is -0.244. The molecule has 0 unspecified atom stereocenters. The molecule has 0 saturated heterocycles. The zero-order chi connectivity index (χ0) is 27.6. The van der Waals surface area contributed by atoms with Gasteiger partial charge in [-0.3, -0.25) is 9.78 Å². The molecule has 0 saturated carbocycles. The van der Waals surface area contributed by atoms with E-state index in [1.165, 1.54) is 6.07 Å². The van der Waals surface area contributed by atoms with E-state index in [0.29, 0.717) is 35.1 Å². The van der Waals surface area contributed by atoms with Gasteiger partial charge >= 0.3 is 0 Å². The fraction of sp³-hybridized carbons (Fsp3) is 0.258. The molecule has 0 aliphatic carbocycles. The first kappa shape index (κ1) is 27.3. The molecule has 38 heavy (non-hydrogen) atoms. The molecule has 0 radical (unpaired) electrons. The van der Waals surface area contributed by atoms with Gasteiger partial charge in [0.1, 0.15) is 22.5 Å². The Morgan fingerprint density at radius 1 is 1.16 bits per heavy atom. The molecule has 5 rings (SSSR count). The zero-order valence-electron chi connectivity index (χ0n) is 22.2. The molecule has 0 bridgehead atoms. The highest BCUT2D eigenvalue weighted by Gasteiger charge is 2.27. The third-order valence-electron chi connectivity index (χ3n) is 6.76. The van der Waals surface area contributed by atoms with Crippen LogP contribution in [0.5, 0.6) is 11.5 Å². The first-order valence-corrected chi connectivity index (χ1v) is 12.9. The van der Waals surface area contributed by atoms with Crippen LogP contribution in [0, 0.1) is 19.7 Å². The van der Waals surface area contributed by atoms with Gasteiger partial charge in [-0.25, -0.2) is 9.37 Å². The Labute approximate surface area is 227 Å². The molecule has 1 N–H and O–H groups in total. The second-order valence-electron chi connectivity index (χ2n) is 9.32. The molecule has 5 nitrogen and oxygen atoms in total. The highest BCUT2D eigenvalue weighted by atomic mass is 35.5. The van der Waals surface area contributed by atoms with Crippen molar-refractivity contribution in [2.45, 2.75) is 47.5 Å². The van der Waals surface area contributed by atoms with Crippen LogP contribution in [0.1, 0.15) is 54.3 Å². The Balaban J connectivity index is 0.000000204. The second-order valence-corrected chi connectivity index (χ2v) is 9.68. The number of carbonyl (C=O) groups excluding carboxylic acids is 1. The van der Waals surface area contributed by atoms with Crippen molar-refractivity contribution in [3.05, 3.63) is 98.7 Å². The lowest BCUT2D eigenvalue weighted by molar-refractivity contribution is -0.113. The SMILES string of the molecule is CC(=O)/C(C)=C(\c1cccnc1C)c1c(C)cc(F)c2c1OCC2.CCc1cc2ccc(O)cc2nc1Cl. The number of fused-ring (bicyclic) bond motifs is 2. The van der Waals surface area contributed by atoms with Crippen molar-refractivity contribution in [2.24, 2.45) is 0 Å². The van der Waals surface area contributed by atoms with E-state index >= 15 is 0 Å². The number of benzene rings is 2. The maximum Gasteiger partial charge on any atom is 0.156 e. The first-order chi connectivity index (χ1) is 18.1. The summed E-state index contributed by atoms with van der Waals surface area (Å²) < 4.78 is 20.0. The monoisotopic (exact) mass is 532 g/mol. The number of pyridine rings is 2. The molecule has 0 spiro atoms. The van der Waals surface area contributed by atoms with E-state index in [2.05, 4.69) is 9.97 Å². The number of hydrogen-bond donors (Lipinski definition) is 1. The lowest BCUT2D eigenvalue weighted by Crippen LogP contribution is -2.06. The largest absolute Gasteiger partial charge is 0.508 e. The van der Waals surface area contributed by atoms with E-state index in [1.807, 2.05) is 45.0 Å². The summed E-state index contributed by atoms with van der Waals surface area (Å²) in [6.07, 6.45) is 3.13. The number of aromatic hydroxyl groups is 1. The number of phenolic OH excluding ortho intramolecular Hbond substituents is 1. The molecule has 0 amide bonds. The molecule has 2 aromatic carbocycles. The van der Waals surface area contributed by atoms with Crippen LogP contribution in [0.2, 0.25) is 5.15 Å². The van der Waals surface area contributed by atoms with Crippen molar-refractivity contribution in [3.8, 4) is 11.5 Å². The Morgan fingerprint density at radius 3 is 2.61 bits per heavy atom. The average Bonchev–Trinajstić information content (AvgIpc) is 3.37. The van der Waals surface area contributed by atoms with Gasteiger partial charge in [-0.15, -0.1) is 0 Å². The molecule has 4 aromatic rings. The number of ketones is 1. The number of carbonyl (C=O) groups is 1. The van der Waals surface area contributed by atoms with Crippen molar-refractivity contribution in [2.75, 3.05) is 6.61 Å². The van der Waals surface area contributed by atoms with Crippen LogP contribution in [0.3, 0.4) is 0 Å². The molecule has 1 aliphatic heterocycles. The van der Waals surface area contributed by atoms with E-state index < -0.39 is 0 Å². The van der Waals surface area contributed by atoms with Crippen molar-refractivity contribution in [3.63, 3.8) is 0 Å². The van der Waals surface area contributed by atoms with Crippen LogP contribution in [-0.2, 0) is 17.6 Å². The normalized spacial score (nSPS) is 12.8. The lowest BCUT2D eigenvalue weighted by atomic mass is 9.87. The third kappa shape index (κ3) is 5.41. The Bertz CT molecular complexity index is 1580. The number of ether oxygens (including phenoxy) is 1. The number of aryl methyl sites for hydroxylation is 3. The number of aromatic nitrogens is 2. The minimum absolute atomic E-state index is 0.0243. The maximum atomic E-state index is 14.3. The summed E-state index contributed by atoms with van der Waals surface area (Å²) in [5.74, 6) is 0.506. The van der Waals surface area contributed by atoms with Crippen LogP contribution in [0.15, 0.2) is 54.2 Å². The molecular formula is C31H30ClFN2O3. The predicted molar refractivity (Wildman–Crippen MR) is 149 cm³/mol. The number of rotatable bonds is 4.